The van der Waals surface area contributed by atoms with Crippen LogP contribution in [-0.2, 0) is 4.79 Å². The van der Waals surface area contributed by atoms with Crippen molar-refractivity contribution in [2.45, 2.75) is 31.9 Å². The summed E-state index contributed by atoms with van der Waals surface area (Å²) in [5.41, 5.74) is 0.758. The van der Waals surface area contributed by atoms with Crippen molar-refractivity contribution in [2.75, 3.05) is 13.1 Å². The largest absolute Gasteiger partial charge is 0.387 e. The zero-order valence-corrected chi connectivity index (χ0v) is 12.4. The lowest BCUT2D eigenvalue weighted by Gasteiger charge is -2.27. The lowest BCUT2D eigenvalue weighted by molar-refractivity contribution is -0.126. The van der Waals surface area contributed by atoms with Crippen LogP contribution in [-0.4, -0.2) is 30.1 Å². The number of nitrogens with one attached hydrogen (secondary N) is 2. The van der Waals surface area contributed by atoms with Crippen LogP contribution in [0.5, 0.6) is 0 Å². The molecule has 0 radical (unpaired) electrons. The van der Waals surface area contributed by atoms with Gasteiger partial charge in [0.05, 0.1) is 6.10 Å². The first kappa shape index (κ1) is 15.3. The van der Waals surface area contributed by atoms with E-state index in [9.17, 15) is 9.90 Å². The molecule has 1 aliphatic heterocycles. The summed E-state index contributed by atoms with van der Waals surface area (Å²) in [4.78, 5) is 12.1. The molecule has 1 saturated heterocycles. The molecule has 0 aliphatic carbocycles. The number of aliphatic hydroxyl groups is 1. The molecule has 1 fully saturated rings. The number of halogens is 1. The summed E-state index contributed by atoms with van der Waals surface area (Å²) in [6, 6.07) is 7.38. The average Bonchev–Trinajstić information content (AvgIpc) is 2.45. The number of benzene rings is 1. The third-order valence-electron chi connectivity index (χ3n) is 3.72. The monoisotopic (exact) mass is 296 g/mol. The second-order valence-electron chi connectivity index (χ2n) is 5.39. The summed E-state index contributed by atoms with van der Waals surface area (Å²) in [7, 11) is 0. The maximum atomic E-state index is 12.1. The maximum Gasteiger partial charge on any atom is 0.223 e. The minimum atomic E-state index is -0.699. The van der Waals surface area contributed by atoms with Gasteiger partial charge in [0.2, 0.25) is 5.91 Å². The summed E-state index contributed by atoms with van der Waals surface area (Å²) in [5.74, 6) is 0.0787. The molecule has 2 rings (SSSR count). The molecule has 0 bridgehead atoms. The molecular formula is C15H21ClN2O2. The fourth-order valence-electron chi connectivity index (χ4n) is 2.51. The molecule has 0 saturated carbocycles. The van der Waals surface area contributed by atoms with E-state index >= 15 is 0 Å². The van der Waals surface area contributed by atoms with Gasteiger partial charge in [-0.25, -0.2) is 0 Å². The third-order valence-corrected chi connectivity index (χ3v) is 3.97. The summed E-state index contributed by atoms with van der Waals surface area (Å²) < 4.78 is 0. The van der Waals surface area contributed by atoms with E-state index in [4.69, 9.17) is 11.6 Å². The van der Waals surface area contributed by atoms with Gasteiger partial charge in [-0.2, -0.15) is 0 Å². The van der Waals surface area contributed by atoms with Crippen LogP contribution in [0.25, 0.3) is 0 Å². The maximum absolute atomic E-state index is 12.1. The third kappa shape index (κ3) is 4.20. The Bertz CT molecular complexity index is 450. The highest BCUT2D eigenvalue weighted by atomic mass is 35.5. The lowest BCUT2D eigenvalue weighted by atomic mass is 9.92. The van der Waals surface area contributed by atoms with Crippen LogP contribution in [0.1, 0.15) is 31.4 Å². The Labute approximate surface area is 124 Å². The highest BCUT2D eigenvalue weighted by Gasteiger charge is 2.24. The minimum absolute atomic E-state index is 0.0337. The smallest absolute Gasteiger partial charge is 0.223 e. The summed E-state index contributed by atoms with van der Waals surface area (Å²) in [6.45, 7) is 3.19. The molecule has 20 heavy (non-hydrogen) atoms. The fourth-order valence-corrected chi connectivity index (χ4v) is 2.64. The SMILES string of the molecule is C[C@H]1C[C@@H](C(=O)NCC(O)c2ccc(Cl)cc2)CCN1. The van der Waals surface area contributed by atoms with E-state index in [-0.39, 0.29) is 18.4 Å². The highest BCUT2D eigenvalue weighted by Crippen LogP contribution is 2.18. The molecule has 1 aliphatic rings. The second kappa shape index (κ2) is 7.07. The Morgan fingerprint density at radius 1 is 1.50 bits per heavy atom. The molecule has 110 valence electrons. The standard InChI is InChI=1S/C15H21ClN2O2/c1-10-8-12(6-7-17-10)15(20)18-9-14(19)11-2-4-13(16)5-3-11/h2-5,10,12,14,17,19H,6-9H2,1H3,(H,18,20)/t10-,12-,14?/m0/s1. The molecule has 1 aromatic rings. The second-order valence-corrected chi connectivity index (χ2v) is 5.83. The first-order valence-corrected chi connectivity index (χ1v) is 7.38. The molecule has 3 N–H and O–H groups in total. The van der Waals surface area contributed by atoms with Crippen LogP contribution in [0, 0.1) is 5.92 Å². The predicted octanol–water partition coefficient (Wildman–Crippen LogP) is 1.88. The zero-order chi connectivity index (χ0) is 14.5. The van der Waals surface area contributed by atoms with Gasteiger partial charge in [-0.3, -0.25) is 4.79 Å². The van der Waals surface area contributed by atoms with Crippen molar-refractivity contribution in [1.82, 2.24) is 10.6 Å². The fraction of sp³-hybridized carbons (Fsp3) is 0.533. The molecule has 0 spiro atoms. The lowest BCUT2D eigenvalue weighted by Crippen LogP contribution is -2.43. The number of aliphatic hydroxyl groups excluding tert-OH is 1. The Morgan fingerprint density at radius 3 is 2.85 bits per heavy atom. The van der Waals surface area contributed by atoms with Gasteiger partial charge in [0.25, 0.3) is 0 Å². The van der Waals surface area contributed by atoms with Crippen molar-refractivity contribution in [2.24, 2.45) is 5.92 Å². The molecule has 5 heteroatoms. The molecule has 4 nitrogen and oxygen atoms in total. The molecule has 1 unspecified atom stereocenters. The van der Waals surface area contributed by atoms with Gasteiger partial charge in [0.15, 0.2) is 0 Å². The van der Waals surface area contributed by atoms with Gasteiger partial charge in [-0.05, 0) is 44.0 Å². The zero-order valence-electron chi connectivity index (χ0n) is 11.6. The Kier molecular flexibility index (Phi) is 5.40. The van der Waals surface area contributed by atoms with E-state index in [1.165, 1.54) is 0 Å². The van der Waals surface area contributed by atoms with Gasteiger partial charge in [0.1, 0.15) is 0 Å². The molecule has 0 aromatic heterocycles. The number of piperidine rings is 1. The van der Waals surface area contributed by atoms with E-state index in [1.807, 2.05) is 0 Å². The molecule has 1 heterocycles. The average molecular weight is 297 g/mol. The van der Waals surface area contributed by atoms with Crippen LogP contribution in [0.4, 0.5) is 0 Å². The van der Waals surface area contributed by atoms with Crippen LogP contribution in [0.2, 0.25) is 5.02 Å². The van der Waals surface area contributed by atoms with E-state index in [2.05, 4.69) is 17.6 Å². The quantitative estimate of drug-likeness (QED) is 0.795. The summed E-state index contributed by atoms with van der Waals surface area (Å²) in [6.07, 6.45) is 1.01. The van der Waals surface area contributed by atoms with Crippen molar-refractivity contribution < 1.29 is 9.90 Å². The normalized spacial score (nSPS) is 24.1. The van der Waals surface area contributed by atoms with Crippen LogP contribution < -0.4 is 10.6 Å². The van der Waals surface area contributed by atoms with Gasteiger partial charge < -0.3 is 15.7 Å². The van der Waals surface area contributed by atoms with Crippen LogP contribution in [0.15, 0.2) is 24.3 Å². The van der Waals surface area contributed by atoms with E-state index < -0.39 is 6.10 Å². The minimum Gasteiger partial charge on any atom is -0.387 e. The van der Waals surface area contributed by atoms with E-state index in [1.54, 1.807) is 24.3 Å². The van der Waals surface area contributed by atoms with Crippen molar-refractivity contribution in [1.29, 1.82) is 0 Å². The van der Waals surface area contributed by atoms with Gasteiger partial charge >= 0.3 is 0 Å². The molecular weight excluding hydrogens is 276 g/mol. The Hall–Kier alpha value is -1.10. The Morgan fingerprint density at radius 2 is 2.20 bits per heavy atom. The van der Waals surface area contributed by atoms with Crippen molar-refractivity contribution >= 4 is 17.5 Å². The van der Waals surface area contributed by atoms with Crippen molar-refractivity contribution in [3.63, 3.8) is 0 Å². The van der Waals surface area contributed by atoms with E-state index in [0.29, 0.717) is 11.1 Å². The first-order valence-electron chi connectivity index (χ1n) is 7.01. The summed E-state index contributed by atoms with van der Waals surface area (Å²) >= 11 is 5.80. The molecule has 1 amide bonds. The number of rotatable bonds is 4. The van der Waals surface area contributed by atoms with E-state index in [0.717, 1.165) is 24.9 Å². The van der Waals surface area contributed by atoms with Gasteiger partial charge in [0, 0.05) is 23.5 Å². The van der Waals surface area contributed by atoms with Crippen molar-refractivity contribution in [3.05, 3.63) is 34.9 Å². The first-order chi connectivity index (χ1) is 9.56. The highest BCUT2D eigenvalue weighted by molar-refractivity contribution is 6.30. The van der Waals surface area contributed by atoms with Gasteiger partial charge in [-0.15, -0.1) is 0 Å². The predicted molar refractivity (Wildman–Crippen MR) is 79.6 cm³/mol. The number of amides is 1. The molecule has 1 aromatic carbocycles. The van der Waals surface area contributed by atoms with Crippen LogP contribution >= 0.6 is 11.6 Å². The summed E-state index contributed by atoms with van der Waals surface area (Å²) in [5, 5.41) is 16.8. The van der Waals surface area contributed by atoms with Gasteiger partial charge in [-0.1, -0.05) is 23.7 Å². The number of carbonyl (C=O) groups excluding carboxylic acids is 1. The topological polar surface area (TPSA) is 61.4 Å². The molecule has 3 atom stereocenters. The number of hydrogen-bond donors (Lipinski definition) is 3. The number of hydrogen-bond acceptors (Lipinski definition) is 3. The van der Waals surface area contributed by atoms with Crippen molar-refractivity contribution in [3.8, 4) is 0 Å². The number of carbonyl (C=O) groups is 1. The van der Waals surface area contributed by atoms with Crippen LogP contribution in [0.3, 0.4) is 0 Å². The Balaban J connectivity index is 1.82.